The Morgan fingerprint density at radius 3 is 2.65 bits per heavy atom. The third-order valence-electron chi connectivity index (χ3n) is 2.60. The van der Waals surface area contributed by atoms with Crippen molar-refractivity contribution in [3.05, 3.63) is 29.8 Å². The lowest BCUT2D eigenvalue weighted by atomic mass is 10.2. The second-order valence-corrected chi connectivity index (χ2v) is 4.00. The van der Waals surface area contributed by atoms with Crippen LogP contribution in [-0.2, 0) is 0 Å². The average Bonchev–Trinajstić information content (AvgIpc) is 2.83. The summed E-state index contributed by atoms with van der Waals surface area (Å²) in [7, 11) is 0. The van der Waals surface area contributed by atoms with Crippen LogP contribution in [0, 0.1) is 13.8 Å². The Morgan fingerprint density at radius 2 is 2.00 bits per heavy atom. The van der Waals surface area contributed by atoms with Crippen molar-refractivity contribution in [3.8, 4) is 11.5 Å². The maximum absolute atomic E-state index is 5.39. The third-order valence-corrected chi connectivity index (χ3v) is 2.60. The Hall–Kier alpha value is -1.84. The molecule has 0 bridgehead atoms. The van der Waals surface area contributed by atoms with E-state index in [-0.39, 0.29) is 0 Å². The Labute approximate surface area is 101 Å². The van der Waals surface area contributed by atoms with Crippen LogP contribution in [0.25, 0.3) is 11.5 Å². The molecule has 0 aliphatic carbocycles. The Bertz CT molecular complexity index is 492. The Kier molecular flexibility index (Phi) is 3.42. The topological polar surface area (TPSA) is 51.0 Å². The van der Waals surface area contributed by atoms with E-state index in [0.29, 0.717) is 0 Å². The van der Waals surface area contributed by atoms with E-state index in [1.54, 1.807) is 6.26 Å². The fourth-order valence-corrected chi connectivity index (χ4v) is 1.55. The lowest BCUT2D eigenvalue weighted by Crippen LogP contribution is -2.07. The lowest BCUT2D eigenvalue weighted by molar-refractivity contribution is 0.579. The highest BCUT2D eigenvalue weighted by Gasteiger charge is 2.12. The number of furan rings is 1. The molecule has 0 fully saturated rings. The van der Waals surface area contributed by atoms with Crippen LogP contribution in [0.5, 0.6) is 0 Å². The van der Waals surface area contributed by atoms with Crippen molar-refractivity contribution < 1.29 is 4.42 Å². The van der Waals surface area contributed by atoms with Crippen molar-refractivity contribution in [2.75, 3.05) is 11.9 Å². The van der Waals surface area contributed by atoms with E-state index < -0.39 is 0 Å². The van der Waals surface area contributed by atoms with Gasteiger partial charge in [-0.1, -0.05) is 6.92 Å². The van der Waals surface area contributed by atoms with Gasteiger partial charge in [0.1, 0.15) is 5.69 Å². The first-order valence-corrected chi connectivity index (χ1v) is 5.85. The van der Waals surface area contributed by atoms with Crippen molar-refractivity contribution in [3.63, 3.8) is 0 Å². The van der Waals surface area contributed by atoms with Crippen molar-refractivity contribution >= 4 is 5.82 Å². The maximum atomic E-state index is 5.39. The molecular weight excluding hydrogens is 214 g/mol. The quantitative estimate of drug-likeness (QED) is 0.878. The fourth-order valence-electron chi connectivity index (χ4n) is 1.55. The van der Waals surface area contributed by atoms with Gasteiger partial charge in [0.15, 0.2) is 11.6 Å². The zero-order valence-electron chi connectivity index (χ0n) is 10.4. The molecule has 2 aromatic rings. The first kappa shape index (κ1) is 11.6. The van der Waals surface area contributed by atoms with Crippen LogP contribution in [0.4, 0.5) is 5.82 Å². The van der Waals surface area contributed by atoms with Crippen LogP contribution < -0.4 is 5.32 Å². The van der Waals surface area contributed by atoms with Crippen LogP contribution in [0.1, 0.15) is 24.7 Å². The first-order valence-electron chi connectivity index (χ1n) is 5.85. The molecule has 0 unspecified atom stereocenters. The lowest BCUT2D eigenvalue weighted by Gasteiger charge is -2.10. The van der Waals surface area contributed by atoms with Gasteiger partial charge in [-0.25, -0.2) is 9.97 Å². The number of nitrogens with zero attached hydrogens (tertiary/aromatic N) is 2. The highest BCUT2D eigenvalue weighted by Crippen LogP contribution is 2.25. The summed E-state index contributed by atoms with van der Waals surface area (Å²) in [5, 5.41) is 3.29. The van der Waals surface area contributed by atoms with E-state index in [4.69, 9.17) is 4.42 Å². The Morgan fingerprint density at radius 1 is 1.24 bits per heavy atom. The predicted octanol–water partition coefficient (Wildman–Crippen LogP) is 3.18. The molecule has 0 radical (unpaired) electrons. The van der Waals surface area contributed by atoms with Crippen molar-refractivity contribution in [2.24, 2.45) is 0 Å². The minimum absolute atomic E-state index is 0.749. The second-order valence-electron chi connectivity index (χ2n) is 4.00. The summed E-state index contributed by atoms with van der Waals surface area (Å²) >= 11 is 0. The van der Waals surface area contributed by atoms with E-state index in [1.165, 1.54) is 0 Å². The number of hydrogen-bond donors (Lipinski definition) is 1. The predicted molar refractivity (Wildman–Crippen MR) is 68.0 cm³/mol. The molecule has 0 atom stereocenters. The van der Waals surface area contributed by atoms with Gasteiger partial charge in [-0.05, 0) is 32.4 Å². The number of nitrogens with one attached hydrogen (secondary N) is 1. The third kappa shape index (κ3) is 2.46. The van der Waals surface area contributed by atoms with Crippen LogP contribution in [0.3, 0.4) is 0 Å². The van der Waals surface area contributed by atoms with Gasteiger partial charge >= 0.3 is 0 Å². The molecule has 2 rings (SSSR count). The summed E-state index contributed by atoms with van der Waals surface area (Å²) in [6.45, 7) is 6.92. The number of anilines is 1. The summed E-state index contributed by atoms with van der Waals surface area (Å²) in [4.78, 5) is 9.08. The van der Waals surface area contributed by atoms with Gasteiger partial charge in [-0.2, -0.15) is 0 Å². The molecule has 0 aliphatic rings. The van der Waals surface area contributed by atoms with Gasteiger partial charge in [0, 0.05) is 6.54 Å². The van der Waals surface area contributed by atoms with E-state index >= 15 is 0 Å². The molecule has 0 saturated heterocycles. The summed E-state index contributed by atoms with van der Waals surface area (Å²) in [6.07, 6.45) is 2.70. The summed E-state index contributed by atoms with van der Waals surface area (Å²) < 4.78 is 5.39. The van der Waals surface area contributed by atoms with Crippen molar-refractivity contribution in [2.45, 2.75) is 27.2 Å². The van der Waals surface area contributed by atoms with Gasteiger partial charge in [-0.15, -0.1) is 0 Å². The molecule has 0 aliphatic heterocycles. The summed E-state index contributed by atoms with van der Waals surface area (Å²) in [5.74, 6) is 1.55. The van der Waals surface area contributed by atoms with Gasteiger partial charge in [-0.3, -0.25) is 0 Å². The molecule has 0 saturated carbocycles. The van der Waals surface area contributed by atoms with Crippen LogP contribution >= 0.6 is 0 Å². The molecule has 4 heteroatoms. The van der Waals surface area contributed by atoms with Gasteiger partial charge < -0.3 is 9.73 Å². The van der Waals surface area contributed by atoms with Crippen molar-refractivity contribution in [1.82, 2.24) is 9.97 Å². The zero-order valence-corrected chi connectivity index (χ0v) is 10.4. The molecule has 0 amide bonds. The molecule has 1 N–H and O–H groups in total. The molecule has 90 valence electrons. The normalized spacial score (nSPS) is 10.5. The average molecular weight is 231 g/mol. The molecule has 2 aromatic heterocycles. The molecule has 17 heavy (non-hydrogen) atoms. The minimum atomic E-state index is 0.749. The van der Waals surface area contributed by atoms with Crippen LogP contribution in [0.2, 0.25) is 0 Å². The minimum Gasteiger partial charge on any atom is -0.463 e. The Balaban J connectivity index is 2.44. The van der Waals surface area contributed by atoms with E-state index in [0.717, 1.165) is 41.6 Å². The SMILES string of the molecule is CCCNc1nc(C)c(C)nc1-c1ccco1. The second kappa shape index (κ2) is 4.99. The number of hydrogen-bond acceptors (Lipinski definition) is 4. The smallest absolute Gasteiger partial charge is 0.156 e. The molecule has 0 spiro atoms. The van der Waals surface area contributed by atoms with Gasteiger partial charge in [0.2, 0.25) is 0 Å². The molecule has 4 nitrogen and oxygen atoms in total. The molecule has 0 aromatic carbocycles. The number of aromatic nitrogens is 2. The van der Waals surface area contributed by atoms with E-state index in [9.17, 15) is 0 Å². The number of rotatable bonds is 4. The zero-order chi connectivity index (χ0) is 12.3. The van der Waals surface area contributed by atoms with Crippen molar-refractivity contribution in [1.29, 1.82) is 0 Å². The number of aryl methyl sites for hydroxylation is 2. The van der Waals surface area contributed by atoms with E-state index in [1.807, 2.05) is 26.0 Å². The summed E-state index contributed by atoms with van der Waals surface area (Å²) in [5.41, 5.74) is 2.66. The van der Waals surface area contributed by atoms with E-state index in [2.05, 4.69) is 22.2 Å². The molecule has 2 heterocycles. The standard InChI is InChI=1S/C13H17N3O/c1-4-7-14-13-12(11-6-5-8-17-11)15-9(2)10(3)16-13/h5-6,8H,4,7H2,1-3H3,(H,14,16). The highest BCUT2D eigenvalue weighted by molar-refractivity contribution is 5.67. The first-order chi connectivity index (χ1) is 8.22. The largest absolute Gasteiger partial charge is 0.463 e. The van der Waals surface area contributed by atoms with Crippen LogP contribution in [-0.4, -0.2) is 16.5 Å². The highest BCUT2D eigenvalue weighted by atomic mass is 16.3. The van der Waals surface area contributed by atoms with Crippen LogP contribution in [0.15, 0.2) is 22.8 Å². The fraction of sp³-hybridized carbons (Fsp3) is 0.385. The maximum Gasteiger partial charge on any atom is 0.156 e. The van der Waals surface area contributed by atoms with Gasteiger partial charge in [0.25, 0.3) is 0 Å². The molecular formula is C13H17N3O. The van der Waals surface area contributed by atoms with Gasteiger partial charge in [0.05, 0.1) is 17.7 Å². The monoisotopic (exact) mass is 231 g/mol. The summed E-state index contributed by atoms with van der Waals surface area (Å²) in [6, 6.07) is 3.76.